The Balaban J connectivity index is 1.98. The van der Waals surface area contributed by atoms with E-state index in [1.54, 1.807) is 0 Å². The van der Waals surface area contributed by atoms with Crippen LogP contribution < -0.4 is 5.32 Å². The topological polar surface area (TPSA) is 49.3 Å². The second-order valence-electron chi connectivity index (χ2n) is 5.14. The normalized spacial score (nSPS) is 16.6. The Kier molecular flexibility index (Phi) is 6.10. The van der Waals surface area contributed by atoms with Crippen LogP contribution >= 0.6 is 11.3 Å². The van der Waals surface area contributed by atoms with Crippen molar-refractivity contribution in [1.82, 2.24) is 5.32 Å². The molecule has 1 amide bonds. The zero-order chi connectivity index (χ0) is 14.2. The Morgan fingerprint density at radius 1 is 1.30 bits per heavy atom. The van der Waals surface area contributed by atoms with Crippen molar-refractivity contribution in [2.24, 2.45) is 0 Å². The number of hydrogen-bond donors (Lipinski definition) is 2. The zero-order valence-corrected chi connectivity index (χ0v) is 12.5. The number of thiophene rings is 1. The third kappa shape index (κ3) is 4.36. The van der Waals surface area contributed by atoms with Gasteiger partial charge in [-0.15, -0.1) is 11.3 Å². The molecule has 0 saturated heterocycles. The molecule has 1 aromatic heterocycles. The van der Waals surface area contributed by atoms with E-state index in [9.17, 15) is 4.79 Å². The molecule has 0 atom stereocenters. The minimum absolute atomic E-state index is 0.0205. The summed E-state index contributed by atoms with van der Waals surface area (Å²) in [6, 6.07) is 2.13. The maximum Gasteiger partial charge on any atom is 0.262 e. The summed E-state index contributed by atoms with van der Waals surface area (Å²) < 4.78 is 0. The highest BCUT2D eigenvalue weighted by atomic mass is 32.1. The summed E-state index contributed by atoms with van der Waals surface area (Å²) in [6.45, 7) is -0.181. The van der Waals surface area contributed by atoms with Crippen LogP contribution in [0.15, 0.2) is 11.4 Å². The maximum absolute atomic E-state index is 12.3. The lowest BCUT2D eigenvalue weighted by atomic mass is 9.96. The van der Waals surface area contributed by atoms with Gasteiger partial charge >= 0.3 is 0 Å². The van der Waals surface area contributed by atoms with Crippen LogP contribution in [0.1, 0.15) is 60.2 Å². The molecule has 1 aromatic rings. The number of nitrogens with one attached hydrogen (secondary N) is 1. The summed E-state index contributed by atoms with van der Waals surface area (Å²) in [6.07, 6.45) is 8.44. The average Bonchev–Trinajstić information content (AvgIpc) is 2.87. The van der Waals surface area contributed by atoms with Crippen LogP contribution in [0.2, 0.25) is 0 Å². The standard InChI is InChI=1S/C16H21NO2S/c18-11-6-7-13-10-12-20-15(13)16(19)17-14-8-4-2-1-3-5-9-14/h10,12,14,18H,1-5,8-9,11H2,(H,17,19). The Labute approximate surface area is 124 Å². The number of aliphatic hydroxyl groups is 1. The highest BCUT2D eigenvalue weighted by Crippen LogP contribution is 2.20. The van der Waals surface area contributed by atoms with Gasteiger partial charge in [0.25, 0.3) is 5.91 Å². The van der Waals surface area contributed by atoms with E-state index in [0.717, 1.165) is 12.8 Å². The van der Waals surface area contributed by atoms with Gasteiger partial charge in [0, 0.05) is 11.6 Å². The summed E-state index contributed by atoms with van der Waals surface area (Å²) in [5, 5.41) is 13.8. The number of hydrogen-bond acceptors (Lipinski definition) is 3. The molecule has 0 radical (unpaired) electrons. The first-order valence-corrected chi connectivity index (χ1v) is 8.17. The molecule has 3 nitrogen and oxygen atoms in total. The molecule has 4 heteroatoms. The van der Waals surface area contributed by atoms with Gasteiger partial charge in [-0.1, -0.05) is 43.9 Å². The quantitative estimate of drug-likeness (QED) is 0.823. The molecule has 0 spiro atoms. The third-order valence-electron chi connectivity index (χ3n) is 3.61. The van der Waals surface area contributed by atoms with Gasteiger partial charge in [-0.25, -0.2) is 0 Å². The van der Waals surface area contributed by atoms with Crippen LogP contribution in [0, 0.1) is 11.8 Å². The molecule has 1 heterocycles. The summed E-state index contributed by atoms with van der Waals surface area (Å²) in [4.78, 5) is 13.0. The summed E-state index contributed by atoms with van der Waals surface area (Å²) in [7, 11) is 0. The van der Waals surface area contributed by atoms with Crippen LogP contribution in [0.25, 0.3) is 0 Å². The second-order valence-corrected chi connectivity index (χ2v) is 6.05. The first kappa shape index (κ1) is 15.1. The Bertz CT molecular complexity index is 490. The number of rotatable bonds is 2. The van der Waals surface area contributed by atoms with E-state index in [-0.39, 0.29) is 12.5 Å². The second kappa shape index (κ2) is 8.08. The third-order valence-corrected chi connectivity index (χ3v) is 4.53. The van der Waals surface area contributed by atoms with Gasteiger partial charge in [0.15, 0.2) is 0 Å². The molecule has 0 unspecified atom stereocenters. The van der Waals surface area contributed by atoms with Gasteiger partial charge < -0.3 is 10.4 Å². The highest BCUT2D eigenvalue weighted by Gasteiger charge is 2.17. The summed E-state index contributed by atoms with van der Waals surface area (Å²) in [5.74, 6) is 5.41. The van der Waals surface area contributed by atoms with E-state index in [1.807, 2.05) is 11.4 Å². The van der Waals surface area contributed by atoms with Gasteiger partial charge in [-0.3, -0.25) is 4.79 Å². The number of carbonyl (C=O) groups is 1. The van der Waals surface area contributed by atoms with Crippen molar-refractivity contribution in [2.75, 3.05) is 6.61 Å². The monoisotopic (exact) mass is 291 g/mol. The van der Waals surface area contributed by atoms with Gasteiger partial charge in [-0.05, 0) is 24.3 Å². The predicted octanol–water partition coefficient (Wildman–Crippen LogP) is 2.93. The van der Waals surface area contributed by atoms with Crippen LogP contribution in [0.5, 0.6) is 0 Å². The summed E-state index contributed by atoms with van der Waals surface area (Å²) in [5.41, 5.74) is 0.715. The number of carbonyl (C=O) groups excluding carboxylic acids is 1. The van der Waals surface area contributed by atoms with E-state index < -0.39 is 0 Å². The molecule has 1 saturated carbocycles. The molecule has 20 heavy (non-hydrogen) atoms. The van der Waals surface area contributed by atoms with Crippen LogP contribution in [-0.4, -0.2) is 23.7 Å². The molecule has 0 aliphatic heterocycles. The van der Waals surface area contributed by atoms with Gasteiger partial charge in [0.1, 0.15) is 11.5 Å². The molecule has 2 N–H and O–H groups in total. The van der Waals surface area contributed by atoms with Crippen molar-refractivity contribution in [3.8, 4) is 11.8 Å². The van der Waals surface area contributed by atoms with Crippen molar-refractivity contribution in [2.45, 2.75) is 51.0 Å². The van der Waals surface area contributed by atoms with Crippen molar-refractivity contribution < 1.29 is 9.90 Å². The smallest absolute Gasteiger partial charge is 0.262 e. The lowest BCUT2D eigenvalue weighted by Crippen LogP contribution is -2.35. The molecule has 1 aliphatic rings. The molecule has 1 aliphatic carbocycles. The SMILES string of the molecule is O=C(NC1CCCCCCC1)c1sccc1C#CCO. The fourth-order valence-electron chi connectivity index (χ4n) is 2.57. The average molecular weight is 291 g/mol. The molecule has 0 bridgehead atoms. The highest BCUT2D eigenvalue weighted by molar-refractivity contribution is 7.12. The largest absolute Gasteiger partial charge is 0.384 e. The minimum Gasteiger partial charge on any atom is -0.384 e. The lowest BCUT2D eigenvalue weighted by molar-refractivity contribution is 0.0934. The van der Waals surface area contributed by atoms with Crippen molar-refractivity contribution in [1.29, 1.82) is 0 Å². The molecular weight excluding hydrogens is 270 g/mol. The number of amides is 1. The minimum atomic E-state index is -0.181. The van der Waals surface area contributed by atoms with Crippen molar-refractivity contribution in [3.63, 3.8) is 0 Å². The predicted molar refractivity (Wildman–Crippen MR) is 81.9 cm³/mol. The Morgan fingerprint density at radius 3 is 2.70 bits per heavy atom. The number of aliphatic hydroxyl groups excluding tert-OH is 1. The summed E-state index contributed by atoms with van der Waals surface area (Å²) >= 11 is 1.41. The van der Waals surface area contributed by atoms with Crippen LogP contribution in [0.4, 0.5) is 0 Å². The van der Waals surface area contributed by atoms with Gasteiger partial charge in [0.2, 0.25) is 0 Å². The van der Waals surface area contributed by atoms with Crippen LogP contribution in [-0.2, 0) is 0 Å². The van der Waals surface area contributed by atoms with Crippen molar-refractivity contribution in [3.05, 3.63) is 21.9 Å². The molecule has 0 aromatic carbocycles. The van der Waals surface area contributed by atoms with Gasteiger partial charge in [-0.2, -0.15) is 0 Å². The van der Waals surface area contributed by atoms with Crippen molar-refractivity contribution >= 4 is 17.2 Å². The lowest BCUT2D eigenvalue weighted by Gasteiger charge is -2.20. The fourth-order valence-corrected chi connectivity index (χ4v) is 3.32. The van der Waals surface area contributed by atoms with Gasteiger partial charge in [0.05, 0.1) is 0 Å². The Hall–Kier alpha value is -1.31. The Morgan fingerprint density at radius 2 is 2.00 bits per heavy atom. The molecular formula is C16H21NO2S. The first-order valence-electron chi connectivity index (χ1n) is 7.29. The van der Waals surface area contributed by atoms with E-state index >= 15 is 0 Å². The zero-order valence-electron chi connectivity index (χ0n) is 11.7. The first-order chi connectivity index (χ1) is 9.81. The van der Waals surface area contributed by atoms with E-state index in [4.69, 9.17) is 5.11 Å². The van der Waals surface area contributed by atoms with E-state index in [0.29, 0.717) is 16.5 Å². The maximum atomic E-state index is 12.3. The fraction of sp³-hybridized carbons (Fsp3) is 0.562. The molecule has 2 rings (SSSR count). The molecule has 1 fully saturated rings. The van der Waals surface area contributed by atoms with Crippen LogP contribution in [0.3, 0.4) is 0 Å². The van der Waals surface area contributed by atoms with E-state index in [2.05, 4.69) is 17.2 Å². The molecule has 108 valence electrons. The van der Waals surface area contributed by atoms with E-state index in [1.165, 1.54) is 43.4 Å².